The van der Waals surface area contributed by atoms with E-state index in [-0.39, 0.29) is 23.6 Å². The zero-order valence-electron chi connectivity index (χ0n) is 12.8. The minimum atomic E-state index is -2.96. The molecule has 1 saturated heterocycles. The highest BCUT2D eigenvalue weighted by Crippen LogP contribution is 2.18. The summed E-state index contributed by atoms with van der Waals surface area (Å²) in [6.45, 7) is 0.560. The molecule has 3 N–H and O–H groups in total. The number of nitrogens with one attached hydrogen (secondary N) is 3. The van der Waals surface area contributed by atoms with Gasteiger partial charge in [-0.3, -0.25) is 0 Å². The number of hydrogen-bond acceptors (Lipinski definition) is 3. The first kappa shape index (κ1) is 15.9. The van der Waals surface area contributed by atoms with Crippen molar-refractivity contribution in [3.8, 4) is 0 Å². The van der Waals surface area contributed by atoms with Crippen molar-refractivity contribution < 1.29 is 13.2 Å². The Morgan fingerprint density at radius 3 is 2.91 bits per heavy atom. The molecule has 1 aromatic carbocycles. The van der Waals surface area contributed by atoms with Gasteiger partial charge in [-0.1, -0.05) is 18.2 Å². The fourth-order valence-corrected chi connectivity index (χ4v) is 4.64. The van der Waals surface area contributed by atoms with Gasteiger partial charge in [0.05, 0.1) is 11.5 Å². The zero-order chi connectivity index (χ0) is 16.3. The molecule has 3 rings (SSSR count). The van der Waals surface area contributed by atoms with E-state index < -0.39 is 9.84 Å². The smallest absolute Gasteiger partial charge is 0.315 e. The molecule has 0 saturated carbocycles. The van der Waals surface area contributed by atoms with Crippen LogP contribution in [0, 0.1) is 0 Å². The number of benzene rings is 1. The molecule has 6 nitrogen and oxygen atoms in total. The van der Waals surface area contributed by atoms with E-state index in [0.717, 1.165) is 18.4 Å². The minimum Gasteiger partial charge on any atom is -0.361 e. The van der Waals surface area contributed by atoms with E-state index in [1.165, 1.54) is 10.9 Å². The molecule has 1 aromatic heterocycles. The van der Waals surface area contributed by atoms with Crippen molar-refractivity contribution in [1.82, 2.24) is 15.6 Å². The van der Waals surface area contributed by atoms with Crippen molar-refractivity contribution >= 4 is 26.8 Å². The third-order valence-electron chi connectivity index (χ3n) is 4.15. The van der Waals surface area contributed by atoms with Gasteiger partial charge in [0.25, 0.3) is 0 Å². The van der Waals surface area contributed by atoms with Gasteiger partial charge < -0.3 is 15.6 Å². The molecule has 1 aliphatic rings. The number of fused-ring (bicyclic) bond motifs is 1. The number of para-hydroxylation sites is 1. The van der Waals surface area contributed by atoms with Crippen LogP contribution in [0.5, 0.6) is 0 Å². The molecule has 0 radical (unpaired) electrons. The molecule has 0 unspecified atom stereocenters. The first-order valence-electron chi connectivity index (χ1n) is 7.83. The fourth-order valence-electron chi connectivity index (χ4n) is 2.96. The monoisotopic (exact) mass is 335 g/mol. The second kappa shape index (κ2) is 6.62. The first-order valence-corrected chi connectivity index (χ1v) is 9.65. The molecular weight excluding hydrogens is 314 g/mol. The van der Waals surface area contributed by atoms with Gasteiger partial charge >= 0.3 is 6.03 Å². The molecule has 7 heteroatoms. The summed E-state index contributed by atoms with van der Waals surface area (Å²) in [5.41, 5.74) is 2.36. The Labute approximate surface area is 135 Å². The molecule has 0 bridgehead atoms. The van der Waals surface area contributed by atoms with Crippen molar-refractivity contribution in [1.29, 1.82) is 0 Å². The van der Waals surface area contributed by atoms with E-state index in [4.69, 9.17) is 0 Å². The number of carbonyl (C=O) groups excluding carboxylic acids is 1. The second-order valence-corrected chi connectivity index (χ2v) is 8.19. The molecule has 1 atom stereocenters. The summed E-state index contributed by atoms with van der Waals surface area (Å²) >= 11 is 0. The van der Waals surface area contributed by atoms with Crippen LogP contribution in [0.15, 0.2) is 30.5 Å². The lowest BCUT2D eigenvalue weighted by Gasteiger charge is -2.11. The van der Waals surface area contributed by atoms with Crippen LogP contribution in [0.25, 0.3) is 10.9 Å². The third-order valence-corrected chi connectivity index (χ3v) is 5.92. The van der Waals surface area contributed by atoms with Gasteiger partial charge in [-0.15, -0.1) is 0 Å². The van der Waals surface area contributed by atoms with Crippen LogP contribution in [0.3, 0.4) is 0 Å². The molecular formula is C16H21N3O3S. The van der Waals surface area contributed by atoms with Crippen molar-refractivity contribution in [2.24, 2.45) is 0 Å². The van der Waals surface area contributed by atoms with Crippen LogP contribution in [-0.4, -0.2) is 43.5 Å². The van der Waals surface area contributed by atoms with Gasteiger partial charge in [0.1, 0.15) is 0 Å². The molecule has 2 amide bonds. The van der Waals surface area contributed by atoms with Crippen molar-refractivity contribution in [2.75, 3.05) is 18.1 Å². The molecule has 0 spiro atoms. The van der Waals surface area contributed by atoms with Crippen molar-refractivity contribution in [2.45, 2.75) is 25.3 Å². The lowest BCUT2D eigenvalue weighted by atomic mass is 10.1. The maximum absolute atomic E-state index is 11.8. The van der Waals surface area contributed by atoms with Gasteiger partial charge in [-0.2, -0.15) is 0 Å². The number of aryl methyl sites for hydroxylation is 1. The summed E-state index contributed by atoms with van der Waals surface area (Å²) in [4.78, 5) is 15.0. The lowest BCUT2D eigenvalue weighted by Crippen LogP contribution is -2.43. The quantitative estimate of drug-likeness (QED) is 0.725. The molecule has 124 valence electrons. The van der Waals surface area contributed by atoms with E-state index >= 15 is 0 Å². The normalized spacial score (nSPS) is 19.7. The Balaban J connectivity index is 1.40. The zero-order valence-corrected chi connectivity index (χ0v) is 13.7. The molecule has 23 heavy (non-hydrogen) atoms. The Kier molecular flexibility index (Phi) is 4.56. The molecule has 0 aliphatic carbocycles. The van der Waals surface area contributed by atoms with Crippen LogP contribution in [0.2, 0.25) is 0 Å². The highest BCUT2D eigenvalue weighted by molar-refractivity contribution is 7.91. The largest absolute Gasteiger partial charge is 0.361 e. The van der Waals surface area contributed by atoms with E-state index in [1.807, 2.05) is 24.4 Å². The third kappa shape index (κ3) is 4.04. The molecule has 2 aromatic rings. The summed E-state index contributed by atoms with van der Waals surface area (Å²) in [6.07, 6.45) is 4.22. The number of amides is 2. The lowest BCUT2D eigenvalue weighted by molar-refractivity contribution is 0.238. The number of hydrogen-bond donors (Lipinski definition) is 3. The number of H-pyrrole nitrogens is 1. The van der Waals surface area contributed by atoms with E-state index in [0.29, 0.717) is 13.0 Å². The van der Waals surface area contributed by atoms with Crippen molar-refractivity contribution in [3.05, 3.63) is 36.0 Å². The maximum atomic E-state index is 11.8. The van der Waals surface area contributed by atoms with Crippen LogP contribution in [0.1, 0.15) is 18.4 Å². The maximum Gasteiger partial charge on any atom is 0.315 e. The number of aromatic amines is 1. The number of rotatable bonds is 5. The Morgan fingerprint density at radius 2 is 2.13 bits per heavy atom. The standard InChI is InChI=1S/C16H21N3O3S/c20-16(19-13-7-9-23(21,22)11-13)17-8-3-4-12-10-18-15-6-2-1-5-14(12)15/h1-2,5-6,10,13,18H,3-4,7-9,11H2,(H2,17,19,20)/t13-/m1/s1. The van der Waals surface area contributed by atoms with Crippen LogP contribution in [0.4, 0.5) is 4.79 Å². The van der Waals surface area contributed by atoms with Gasteiger partial charge in [-0.25, -0.2) is 13.2 Å². The van der Waals surface area contributed by atoms with Crippen molar-refractivity contribution in [3.63, 3.8) is 0 Å². The number of aromatic nitrogens is 1. The van der Waals surface area contributed by atoms with Crippen LogP contribution >= 0.6 is 0 Å². The fraction of sp³-hybridized carbons (Fsp3) is 0.438. The van der Waals surface area contributed by atoms with E-state index in [2.05, 4.69) is 21.7 Å². The average Bonchev–Trinajstić information content (AvgIpc) is 3.07. The number of sulfone groups is 1. The predicted octanol–water partition coefficient (Wildman–Crippen LogP) is 1.59. The van der Waals surface area contributed by atoms with E-state index in [1.54, 1.807) is 0 Å². The summed E-state index contributed by atoms with van der Waals surface area (Å²) in [5, 5.41) is 6.73. The SMILES string of the molecule is O=C(NCCCc1c[nH]c2ccccc12)N[C@@H]1CCS(=O)(=O)C1. The topological polar surface area (TPSA) is 91.1 Å². The van der Waals surface area contributed by atoms with Crippen LogP contribution < -0.4 is 10.6 Å². The summed E-state index contributed by atoms with van der Waals surface area (Å²) < 4.78 is 22.7. The van der Waals surface area contributed by atoms with Gasteiger partial charge in [0, 0.05) is 29.7 Å². The summed E-state index contributed by atoms with van der Waals surface area (Å²) in [7, 11) is -2.96. The summed E-state index contributed by atoms with van der Waals surface area (Å²) in [6, 6.07) is 7.60. The highest BCUT2D eigenvalue weighted by Gasteiger charge is 2.28. The summed E-state index contributed by atoms with van der Waals surface area (Å²) in [5.74, 6) is 0.217. The van der Waals surface area contributed by atoms with Gasteiger partial charge in [-0.05, 0) is 30.9 Å². The van der Waals surface area contributed by atoms with E-state index in [9.17, 15) is 13.2 Å². The highest BCUT2D eigenvalue weighted by atomic mass is 32.2. The Morgan fingerprint density at radius 1 is 1.30 bits per heavy atom. The minimum absolute atomic E-state index is 0.0513. The Bertz CT molecular complexity index is 798. The number of urea groups is 1. The molecule has 2 heterocycles. The predicted molar refractivity (Wildman–Crippen MR) is 90.2 cm³/mol. The molecule has 1 fully saturated rings. The molecule has 1 aliphatic heterocycles. The number of carbonyl (C=O) groups is 1. The Hall–Kier alpha value is -2.02. The van der Waals surface area contributed by atoms with Crippen LogP contribution in [-0.2, 0) is 16.3 Å². The first-order chi connectivity index (χ1) is 11.0. The second-order valence-electron chi connectivity index (χ2n) is 5.96. The average molecular weight is 335 g/mol. The van der Waals surface area contributed by atoms with Gasteiger partial charge in [0.2, 0.25) is 0 Å². The van der Waals surface area contributed by atoms with Gasteiger partial charge in [0.15, 0.2) is 9.84 Å².